The maximum atomic E-state index is 12.1. The lowest BCUT2D eigenvalue weighted by Crippen LogP contribution is -2.27. The van der Waals surface area contributed by atoms with Gasteiger partial charge in [0.05, 0.1) is 9.64 Å². The zero-order valence-corrected chi connectivity index (χ0v) is 14.7. The van der Waals surface area contributed by atoms with Crippen molar-refractivity contribution < 1.29 is 21.6 Å². The second-order valence-electron chi connectivity index (χ2n) is 5.70. The minimum atomic E-state index is -3.69. The predicted molar refractivity (Wildman–Crippen MR) is 84.9 cm³/mol. The molecular weight excluding hydrogens is 348 g/mol. The van der Waals surface area contributed by atoms with Crippen LogP contribution in [0.3, 0.4) is 0 Å². The molecule has 0 atom stereocenters. The quantitative estimate of drug-likeness (QED) is 0.653. The molecule has 5 nitrogen and oxygen atoms in total. The number of hydrogen-bond donors (Lipinski definition) is 1. The average Bonchev–Trinajstić information content (AvgIpc) is 2.86. The van der Waals surface area contributed by atoms with Crippen molar-refractivity contribution in [3.05, 3.63) is 28.8 Å². The van der Waals surface area contributed by atoms with Crippen LogP contribution in [0, 0.1) is 6.92 Å². The number of carbonyl (C=O) groups excluding carboxylic acids is 1. The SMILES string of the molecule is Cc1cc(C2([SH](=O)=O)CCCC2)c(S(C)(=O)=O)cc1C(=O)Cl. The number of carbonyl (C=O) groups is 1. The molecule has 0 aliphatic heterocycles. The van der Waals surface area contributed by atoms with Crippen molar-refractivity contribution in [3.8, 4) is 0 Å². The van der Waals surface area contributed by atoms with Gasteiger partial charge in [-0.1, -0.05) is 18.9 Å². The molecule has 8 heteroatoms. The van der Waals surface area contributed by atoms with Crippen LogP contribution in [0.25, 0.3) is 0 Å². The Bertz CT molecular complexity index is 795. The van der Waals surface area contributed by atoms with E-state index in [1.165, 1.54) is 12.1 Å². The van der Waals surface area contributed by atoms with Crippen molar-refractivity contribution in [3.63, 3.8) is 0 Å². The van der Waals surface area contributed by atoms with Gasteiger partial charge in [0.1, 0.15) is 10.7 Å². The Hall–Kier alpha value is -0.920. The smallest absolute Gasteiger partial charge is 0.252 e. The summed E-state index contributed by atoms with van der Waals surface area (Å²) in [6.07, 6.45) is 3.23. The summed E-state index contributed by atoms with van der Waals surface area (Å²) in [7, 11) is -6.54. The van der Waals surface area contributed by atoms with Crippen molar-refractivity contribution >= 4 is 37.4 Å². The number of sulfone groups is 1. The Kier molecular flexibility index (Phi) is 4.71. The van der Waals surface area contributed by atoms with E-state index in [0.29, 0.717) is 18.4 Å². The van der Waals surface area contributed by atoms with Crippen molar-refractivity contribution in [2.75, 3.05) is 6.26 Å². The molecule has 1 saturated carbocycles. The second kappa shape index (κ2) is 5.94. The van der Waals surface area contributed by atoms with Gasteiger partial charge in [0, 0.05) is 11.8 Å². The molecule has 1 aromatic carbocycles. The summed E-state index contributed by atoms with van der Waals surface area (Å²) in [6.45, 7) is 1.62. The number of benzene rings is 1. The molecule has 1 aliphatic rings. The maximum Gasteiger partial charge on any atom is 0.252 e. The fraction of sp³-hybridized carbons (Fsp3) is 0.500. The summed E-state index contributed by atoms with van der Waals surface area (Å²) in [5.41, 5.74) is 0.827. The molecule has 122 valence electrons. The van der Waals surface area contributed by atoms with Gasteiger partial charge in [0.15, 0.2) is 9.84 Å². The molecule has 0 radical (unpaired) electrons. The monoisotopic (exact) mass is 364 g/mol. The van der Waals surface area contributed by atoms with Crippen LogP contribution in [0.15, 0.2) is 17.0 Å². The number of aryl methyl sites for hydroxylation is 1. The van der Waals surface area contributed by atoms with Crippen molar-refractivity contribution in [2.24, 2.45) is 0 Å². The summed E-state index contributed by atoms with van der Waals surface area (Å²) in [4.78, 5) is 11.3. The lowest BCUT2D eigenvalue weighted by atomic mass is 9.93. The molecule has 0 amide bonds. The molecule has 0 N–H and O–H groups in total. The number of hydrogen-bond acceptors (Lipinski definition) is 5. The Labute approximate surface area is 136 Å². The predicted octanol–water partition coefficient (Wildman–Crippen LogP) is 2.16. The van der Waals surface area contributed by atoms with E-state index in [-0.39, 0.29) is 16.0 Å². The summed E-state index contributed by atoms with van der Waals surface area (Å²) in [6, 6.07) is 2.69. The van der Waals surface area contributed by atoms with Gasteiger partial charge >= 0.3 is 0 Å². The van der Waals surface area contributed by atoms with Crippen LogP contribution >= 0.6 is 11.6 Å². The number of rotatable bonds is 4. The van der Waals surface area contributed by atoms with Gasteiger partial charge in [-0.15, -0.1) is 0 Å². The van der Waals surface area contributed by atoms with Gasteiger partial charge in [-0.2, -0.15) is 0 Å². The average molecular weight is 365 g/mol. The minimum Gasteiger partial charge on any atom is -0.276 e. The van der Waals surface area contributed by atoms with Crippen molar-refractivity contribution in [1.29, 1.82) is 0 Å². The molecule has 0 bridgehead atoms. The Morgan fingerprint density at radius 1 is 1.23 bits per heavy atom. The molecule has 22 heavy (non-hydrogen) atoms. The molecule has 1 aromatic rings. The van der Waals surface area contributed by atoms with Crippen LogP contribution < -0.4 is 0 Å². The summed E-state index contributed by atoms with van der Waals surface area (Å²) < 4.78 is 46.8. The first-order chi connectivity index (χ1) is 10.1. The third-order valence-electron chi connectivity index (χ3n) is 4.22. The van der Waals surface area contributed by atoms with Crippen LogP contribution in [0.1, 0.15) is 47.2 Å². The number of halogens is 1. The second-order valence-corrected chi connectivity index (χ2v) is 9.40. The first kappa shape index (κ1) is 17.4. The van der Waals surface area contributed by atoms with E-state index in [0.717, 1.165) is 19.1 Å². The van der Waals surface area contributed by atoms with Crippen LogP contribution in [-0.4, -0.2) is 28.3 Å². The van der Waals surface area contributed by atoms with Gasteiger partial charge in [0.25, 0.3) is 5.24 Å². The topological polar surface area (TPSA) is 85.3 Å². The maximum absolute atomic E-state index is 12.1. The zero-order chi connectivity index (χ0) is 16.7. The summed E-state index contributed by atoms with van der Waals surface area (Å²) in [5, 5.41) is -0.763. The highest BCUT2D eigenvalue weighted by Crippen LogP contribution is 2.45. The third kappa shape index (κ3) is 2.94. The Balaban J connectivity index is 2.86. The molecule has 0 saturated heterocycles. The van der Waals surface area contributed by atoms with Crippen LogP contribution in [0.4, 0.5) is 0 Å². The normalized spacial score (nSPS) is 17.8. The molecule has 1 aliphatic carbocycles. The van der Waals surface area contributed by atoms with E-state index >= 15 is 0 Å². The summed E-state index contributed by atoms with van der Waals surface area (Å²) >= 11 is 5.49. The highest BCUT2D eigenvalue weighted by Gasteiger charge is 2.42. The van der Waals surface area contributed by atoms with E-state index in [2.05, 4.69) is 0 Å². The van der Waals surface area contributed by atoms with E-state index in [1.807, 2.05) is 0 Å². The van der Waals surface area contributed by atoms with E-state index < -0.39 is 30.5 Å². The molecule has 2 rings (SSSR count). The van der Waals surface area contributed by atoms with Gasteiger partial charge in [-0.05, 0) is 48.6 Å². The van der Waals surface area contributed by atoms with Gasteiger partial charge in [-0.25, -0.2) is 16.8 Å². The molecule has 0 unspecified atom stereocenters. The Morgan fingerprint density at radius 3 is 2.18 bits per heavy atom. The first-order valence-electron chi connectivity index (χ1n) is 6.79. The highest BCUT2D eigenvalue weighted by molar-refractivity contribution is 7.90. The fourth-order valence-electron chi connectivity index (χ4n) is 3.08. The zero-order valence-electron chi connectivity index (χ0n) is 12.3. The van der Waals surface area contributed by atoms with Crippen LogP contribution in [0.5, 0.6) is 0 Å². The van der Waals surface area contributed by atoms with E-state index in [4.69, 9.17) is 11.6 Å². The van der Waals surface area contributed by atoms with E-state index in [9.17, 15) is 21.6 Å². The van der Waals surface area contributed by atoms with Gasteiger partial charge < -0.3 is 0 Å². The standard InChI is InChI=1S/C14H17ClO5S2/c1-9-7-11(14(21(17)18)5-3-4-6-14)12(22(2,19)20)8-10(9)13(15)16/h7-8,21H,3-6H2,1-2H3. The van der Waals surface area contributed by atoms with Gasteiger partial charge in [-0.3, -0.25) is 4.79 Å². The molecule has 1 fully saturated rings. The van der Waals surface area contributed by atoms with E-state index in [1.54, 1.807) is 6.92 Å². The molecule has 0 aromatic heterocycles. The van der Waals surface area contributed by atoms with Crippen LogP contribution in [-0.2, 0) is 25.3 Å². The molecule has 0 spiro atoms. The fourth-order valence-corrected chi connectivity index (χ4v) is 5.41. The summed E-state index contributed by atoms with van der Waals surface area (Å²) in [5.74, 6) is 0. The largest absolute Gasteiger partial charge is 0.276 e. The van der Waals surface area contributed by atoms with Crippen molar-refractivity contribution in [1.82, 2.24) is 0 Å². The lowest BCUT2D eigenvalue weighted by molar-refractivity contribution is 0.108. The minimum absolute atomic E-state index is 0.0834. The van der Waals surface area contributed by atoms with Gasteiger partial charge in [0.2, 0.25) is 0 Å². The molecular formula is C14H17ClO5S2. The highest BCUT2D eigenvalue weighted by atomic mass is 35.5. The Morgan fingerprint density at radius 2 is 1.77 bits per heavy atom. The van der Waals surface area contributed by atoms with Crippen molar-refractivity contribution in [2.45, 2.75) is 42.2 Å². The number of thiol groups is 1. The first-order valence-corrected chi connectivity index (χ1v) is 10.2. The van der Waals surface area contributed by atoms with Crippen LogP contribution in [0.2, 0.25) is 0 Å². The third-order valence-corrected chi connectivity index (χ3v) is 6.95. The lowest BCUT2D eigenvalue weighted by Gasteiger charge is -2.26. The molecule has 0 heterocycles.